The number of hydrogen-bond donors (Lipinski definition) is 3. The SMILES string of the molecule is CC1=C(C(=O)N(C)Cc2n[nH]c3c2CCCCC3)[C@H](C)NC(=O)N1. The fraction of sp³-hybridized carbons (Fsp3) is 0.588. The smallest absolute Gasteiger partial charge is 0.319 e. The first-order chi connectivity index (χ1) is 11.5. The van der Waals surface area contributed by atoms with Crippen LogP contribution in [0.1, 0.15) is 50.1 Å². The summed E-state index contributed by atoms with van der Waals surface area (Å²) in [7, 11) is 1.78. The highest BCUT2D eigenvalue weighted by Gasteiger charge is 2.29. The minimum absolute atomic E-state index is 0.0853. The van der Waals surface area contributed by atoms with Gasteiger partial charge in [-0.1, -0.05) is 6.42 Å². The lowest BCUT2D eigenvalue weighted by Gasteiger charge is -2.28. The van der Waals surface area contributed by atoms with Crippen LogP contribution in [0.4, 0.5) is 4.79 Å². The molecule has 2 heterocycles. The zero-order valence-corrected chi connectivity index (χ0v) is 14.5. The molecular formula is C17H25N5O2. The molecule has 1 atom stereocenters. The number of H-pyrrole nitrogens is 1. The Kier molecular flexibility index (Phi) is 4.59. The molecule has 0 unspecified atom stereocenters. The summed E-state index contributed by atoms with van der Waals surface area (Å²) in [5.41, 5.74) is 4.67. The van der Waals surface area contributed by atoms with Crippen LogP contribution in [0.3, 0.4) is 0 Å². The lowest BCUT2D eigenvalue weighted by atomic mass is 10.0. The zero-order chi connectivity index (χ0) is 17.3. The van der Waals surface area contributed by atoms with Crippen molar-refractivity contribution in [2.75, 3.05) is 7.05 Å². The van der Waals surface area contributed by atoms with Crippen LogP contribution in [0.5, 0.6) is 0 Å². The van der Waals surface area contributed by atoms with Crippen LogP contribution >= 0.6 is 0 Å². The van der Waals surface area contributed by atoms with Gasteiger partial charge in [0.1, 0.15) is 0 Å². The molecular weight excluding hydrogens is 306 g/mol. The third-order valence-electron chi connectivity index (χ3n) is 4.84. The van der Waals surface area contributed by atoms with Crippen LogP contribution < -0.4 is 10.6 Å². The second kappa shape index (κ2) is 6.67. The normalized spacial score (nSPS) is 20.8. The molecule has 0 radical (unpaired) electrons. The van der Waals surface area contributed by atoms with E-state index in [0.717, 1.165) is 18.5 Å². The molecule has 0 bridgehead atoms. The van der Waals surface area contributed by atoms with Crippen molar-refractivity contribution in [2.24, 2.45) is 0 Å². The Morgan fingerprint density at radius 1 is 1.29 bits per heavy atom. The lowest BCUT2D eigenvalue weighted by molar-refractivity contribution is -0.126. The average molecular weight is 331 g/mol. The predicted octanol–water partition coefficient (Wildman–Crippen LogP) is 1.61. The van der Waals surface area contributed by atoms with E-state index in [4.69, 9.17) is 0 Å². The largest absolute Gasteiger partial charge is 0.336 e. The van der Waals surface area contributed by atoms with Crippen LogP contribution in [0.25, 0.3) is 0 Å². The van der Waals surface area contributed by atoms with Crippen molar-refractivity contribution in [1.82, 2.24) is 25.7 Å². The Hall–Kier alpha value is -2.31. The van der Waals surface area contributed by atoms with Gasteiger partial charge in [0.2, 0.25) is 0 Å². The van der Waals surface area contributed by atoms with Crippen LogP contribution in [0.15, 0.2) is 11.3 Å². The average Bonchev–Trinajstić information content (AvgIpc) is 2.74. The number of nitrogens with one attached hydrogen (secondary N) is 3. The third-order valence-corrected chi connectivity index (χ3v) is 4.84. The van der Waals surface area contributed by atoms with Crippen molar-refractivity contribution < 1.29 is 9.59 Å². The summed E-state index contributed by atoms with van der Waals surface area (Å²) in [6, 6.07) is -0.568. The van der Waals surface area contributed by atoms with Gasteiger partial charge in [-0.15, -0.1) is 0 Å². The number of likely N-dealkylation sites (N-methyl/N-ethyl adjacent to an activating group) is 1. The Morgan fingerprint density at radius 3 is 2.79 bits per heavy atom. The van der Waals surface area contributed by atoms with E-state index in [0.29, 0.717) is 17.8 Å². The van der Waals surface area contributed by atoms with Crippen molar-refractivity contribution in [3.8, 4) is 0 Å². The molecule has 0 spiro atoms. The minimum Gasteiger partial charge on any atom is -0.336 e. The summed E-state index contributed by atoms with van der Waals surface area (Å²) in [5.74, 6) is -0.0853. The number of nitrogens with zero attached hydrogens (tertiary/aromatic N) is 2. The van der Waals surface area contributed by atoms with Gasteiger partial charge in [0.15, 0.2) is 0 Å². The number of aryl methyl sites for hydroxylation is 1. The van der Waals surface area contributed by atoms with Crippen molar-refractivity contribution in [3.63, 3.8) is 0 Å². The number of carbonyl (C=O) groups excluding carboxylic acids is 2. The van der Waals surface area contributed by atoms with Gasteiger partial charge in [0, 0.05) is 18.4 Å². The molecule has 3 amide bonds. The van der Waals surface area contributed by atoms with E-state index in [1.807, 2.05) is 6.92 Å². The number of aromatic nitrogens is 2. The monoisotopic (exact) mass is 331 g/mol. The van der Waals surface area contributed by atoms with Gasteiger partial charge in [0.05, 0.1) is 23.9 Å². The van der Waals surface area contributed by atoms with Gasteiger partial charge in [0.25, 0.3) is 5.91 Å². The highest BCUT2D eigenvalue weighted by molar-refractivity contribution is 5.98. The van der Waals surface area contributed by atoms with Gasteiger partial charge >= 0.3 is 6.03 Å². The maximum atomic E-state index is 12.8. The molecule has 0 saturated carbocycles. The van der Waals surface area contributed by atoms with Crippen LogP contribution in [0, 0.1) is 0 Å². The quantitative estimate of drug-likeness (QED) is 0.735. The molecule has 0 fully saturated rings. The number of allylic oxidation sites excluding steroid dienone is 1. The van der Waals surface area contributed by atoms with Gasteiger partial charge in [-0.2, -0.15) is 5.10 Å². The first-order valence-electron chi connectivity index (χ1n) is 8.56. The molecule has 0 saturated heterocycles. The minimum atomic E-state index is -0.301. The second-order valence-corrected chi connectivity index (χ2v) is 6.71. The van der Waals surface area contributed by atoms with Gasteiger partial charge in [-0.05, 0) is 45.1 Å². The Bertz CT molecular complexity index is 691. The summed E-state index contributed by atoms with van der Waals surface area (Å²) < 4.78 is 0. The summed E-state index contributed by atoms with van der Waals surface area (Å²) in [5, 5.41) is 13.0. The van der Waals surface area contributed by atoms with Crippen molar-refractivity contribution in [3.05, 3.63) is 28.2 Å². The number of aromatic amines is 1. The van der Waals surface area contributed by atoms with E-state index in [1.165, 1.54) is 30.5 Å². The Balaban J connectivity index is 1.77. The maximum Gasteiger partial charge on any atom is 0.319 e. The molecule has 24 heavy (non-hydrogen) atoms. The fourth-order valence-corrected chi connectivity index (χ4v) is 3.57. The molecule has 1 aromatic heterocycles. The summed E-state index contributed by atoms with van der Waals surface area (Å²) in [4.78, 5) is 26.0. The topological polar surface area (TPSA) is 90.1 Å². The zero-order valence-electron chi connectivity index (χ0n) is 14.5. The van der Waals surface area contributed by atoms with Crippen LogP contribution in [0.2, 0.25) is 0 Å². The number of hydrogen-bond acceptors (Lipinski definition) is 3. The highest BCUT2D eigenvalue weighted by atomic mass is 16.2. The van der Waals surface area contributed by atoms with Crippen molar-refractivity contribution in [1.29, 1.82) is 0 Å². The molecule has 1 aliphatic heterocycles. The molecule has 1 aromatic rings. The van der Waals surface area contributed by atoms with E-state index in [1.54, 1.807) is 18.9 Å². The molecule has 3 N–H and O–H groups in total. The first-order valence-corrected chi connectivity index (χ1v) is 8.56. The number of amides is 3. The number of fused-ring (bicyclic) bond motifs is 1. The van der Waals surface area contributed by atoms with Crippen molar-refractivity contribution >= 4 is 11.9 Å². The third kappa shape index (κ3) is 3.16. The first kappa shape index (κ1) is 16.5. The van der Waals surface area contributed by atoms with Gasteiger partial charge in [-0.3, -0.25) is 9.89 Å². The number of rotatable bonds is 3. The second-order valence-electron chi connectivity index (χ2n) is 6.71. The number of carbonyl (C=O) groups is 2. The summed E-state index contributed by atoms with van der Waals surface area (Å²) in [6.07, 6.45) is 5.68. The predicted molar refractivity (Wildman–Crippen MR) is 90.2 cm³/mol. The highest BCUT2D eigenvalue weighted by Crippen LogP contribution is 2.23. The Labute approximate surface area is 141 Å². The number of urea groups is 1. The molecule has 2 aliphatic rings. The molecule has 1 aliphatic carbocycles. The molecule has 0 aromatic carbocycles. The van der Waals surface area contributed by atoms with E-state index in [9.17, 15) is 9.59 Å². The molecule has 3 rings (SSSR count). The van der Waals surface area contributed by atoms with Crippen molar-refractivity contribution in [2.45, 2.75) is 58.5 Å². The maximum absolute atomic E-state index is 12.8. The summed E-state index contributed by atoms with van der Waals surface area (Å²) >= 11 is 0. The molecule has 130 valence electrons. The van der Waals surface area contributed by atoms with E-state index in [-0.39, 0.29) is 18.0 Å². The lowest BCUT2D eigenvalue weighted by Crippen LogP contribution is -2.50. The van der Waals surface area contributed by atoms with Gasteiger partial charge in [-0.25, -0.2) is 4.79 Å². The molecule has 7 heteroatoms. The van der Waals surface area contributed by atoms with Crippen LogP contribution in [-0.2, 0) is 24.2 Å². The van der Waals surface area contributed by atoms with E-state index >= 15 is 0 Å². The van der Waals surface area contributed by atoms with E-state index < -0.39 is 0 Å². The Morgan fingerprint density at radius 2 is 2.04 bits per heavy atom. The van der Waals surface area contributed by atoms with Crippen LogP contribution in [-0.4, -0.2) is 40.1 Å². The standard InChI is InChI=1S/C17H25N5O2/c1-10-15(11(2)19-17(24)18-10)16(23)22(3)9-14-12-7-5-4-6-8-13(12)20-21-14/h10H,4-9H2,1-3H3,(H,20,21)(H2,18,19,24)/t10-/m0/s1. The fourth-order valence-electron chi connectivity index (χ4n) is 3.57. The molecule has 7 nitrogen and oxygen atoms in total. The summed E-state index contributed by atoms with van der Waals surface area (Å²) in [6.45, 7) is 4.06. The van der Waals surface area contributed by atoms with E-state index in [2.05, 4.69) is 20.8 Å². The van der Waals surface area contributed by atoms with Gasteiger partial charge < -0.3 is 15.5 Å².